The molecule has 0 unspecified atom stereocenters. The number of aliphatic hydroxyl groups is 2. The van der Waals surface area contributed by atoms with Gasteiger partial charge in [-0.25, -0.2) is 0 Å². The average molecular weight is 1340 g/mol. The Morgan fingerprint density at radius 1 is 0.354 bits per heavy atom. The molecule has 14 N–H and O–H groups in total. The zero-order valence-electron chi connectivity index (χ0n) is 62.0. The van der Waals surface area contributed by atoms with Crippen molar-refractivity contribution in [2.24, 2.45) is 92.6 Å². The van der Waals surface area contributed by atoms with Crippen molar-refractivity contribution in [3.05, 3.63) is 0 Å². The van der Waals surface area contributed by atoms with Gasteiger partial charge in [0.1, 0.15) is 114 Å². The zero-order chi connectivity index (χ0) is 72.2. The van der Waals surface area contributed by atoms with E-state index < -0.39 is 55.4 Å². The molecular formula is C64H122N30O2. The predicted octanol–water partition coefficient (Wildman–Crippen LogP) is 6.42. The highest BCUT2D eigenvalue weighted by atomic mass is 16.3. The van der Waals surface area contributed by atoms with Crippen LogP contribution >= 0.6 is 0 Å². The quantitative estimate of drug-likeness (QED) is 0.0283. The van der Waals surface area contributed by atoms with Crippen LogP contribution in [-0.2, 0) is 0 Å². The summed E-state index contributed by atoms with van der Waals surface area (Å²) in [7, 11) is 0. The molecule has 0 aliphatic carbocycles. The van der Waals surface area contributed by atoms with E-state index in [-0.39, 0.29) is 24.9 Å². The van der Waals surface area contributed by atoms with E-state index in [4.69, 9.17) is 33.1 Å². The molecule has 0 saturated carbocycles. The molecule has 2 saturated heterocycles. The van der Waals surface area contributed by atoms with Gasteiger partial charge in [0, 0.05) is 78.5 Å². The number of rotatable bonds is 24. The van der Waals surface area contributed by atoms with Gasteiger partial charge in [-0.15, -0.1) is 0 Å². The summed E-state index contributed by atoms with van der Waals surface area (Å²) in [5.74, 6) is 6.36. The molecule has 32 heteroatoms. The average Bonchev–Trinajstić information content (AvgIpc) is 1.52. The van der Waals surface area contributed by atoms with Gasteiger partial charge in [-0.2, -0.15) is 51.1 Å². The summed E-state index contributed by atoms with van der Waals surface area (Å²) in [6.45, 7) is 53.7. The zero-order valence-corrected chi connectivity index (χ0v) is 62.0. The lowest BCUT2D eigenvalue weighted by molar-refractivity contribution is 0.250. The van der Waals surface area contributed by atoms with Crippen molar-refractivity contribution in [3.63, 3.8) is 0 Å². The lowest BCUT2D eigenvalue weighted by Gasteiger charge is -2.31. The first kappa shape index (κ1) is 81.1. The first-order valence-electron chi connectivity index (χ1n) is 34.0. The number of hydrogen-bond donors (Lipinski definition) is 12. The Hall–Kier alpha value is -7.38. The van der Waals surface area contributed by atoms with E-state index in [1.165, 1.54) is 0 Å². The van der Waals surface area contributed by atoms with Gasteiger partial charge < -0.3 is 62.5 Å². The Bertz CT molecular complexity index is 2710. The van der Waals surface area contributed by atoms with Crippen molar-refractivity contribution in [2.45, 2.75) is 220 Å². The molecule has 0 aromatic rings. The van der Waals surface area contributed by atoms with Crippen LogP contribution in [0.1, 0.15) is 164 Å². The van der Waals surface area contributed by atoms with E-state index in [0.29, 0.717) is 24.8 Å². The minimum absolute atomic E-state index is 0.0689. The number of likely N-dealkylation sites (tertiary alicyclic amines) is 2. The smallest absolute Gasteiger partial charge is 0.133 e. The van der Waals surface area contributed by atoms with Crippen molar-refractivity contribution >= 4 is 58.4 Å². The lowest BCUT2D eigenvalue weighted by atomic mass is 10.0. The second kappa shape index (κ2) is 34.2. The molecular weight excluding hydrogens is 1220 g/mol. The van der Waals surface area contributed by atoms with Crippen LogP contribution in [0.5, 0.6) is 0 Å². The van der Waals surface area contributed by atoms with Crippen LogP contribution in [0.15, 0.2) is 81.1 Å². The maximum atomic E-state index is 9.20. The van der Waals surface area contributed by atoms with E-state index in [0.717, 1.165) is 165 Å². The molecule has 0 bridgehead atoms. The highest BCUT2D eigenvalue weighted by Gasteiger charge is 2.39. The minimum atomic E-state index is -0.841. The third-order valence-corrected chi connectivity index (χ3v) is 16.8. The number of aliphatic hydroxyl groups excluding tert-OH is 2. The van der Waals surface area contributed by atoms with Gasteiger partial charge in [-0.05, 0) is 164 Å². The molecule has 0 aromatic carbocycles. The molecule has 2 fully saturated rings. The first-order chi connectivity index (χ1) is 44.5. The molecule has 0 atom stereocenters. The second-order valence-corrected chi connectivity index (χ2v) is 30.0. The molecule has 8 aliphatic heterocycles. The van der Waals surface area contributed by atoms with Crippen LogP contribution in [-0.4, -0.2) is 275 Å². The fourth-order valence-corrected chi connectivity index (χ4v) is 10.4. The van der Waals surface area contributed by atoms with E-state index >= 15 is 0 Å². The number of nitrogens with zero attached hydrogens (tertiary/aromatic N) is 20. The maximum absolute atomic E-state index is 9.20. The Balaban J connectivity index is 0.000000258. The van der Waals surface area contributed by atoms with Crippen LogP contribution < -0.4 is 32.7 Å². The second-order valence-electron chi connectivity index (χ2n) is 30.0. The molecule has 540 valence electrons. The standard InChI is InChI=1S/C16H30N6O2.C16H30N6.2C12H22N6.C8H18N6/c1-15(2,13-17-5-7-21(13)9-11-23)19-20-16(3,4)14-18-6-8-22(14)10-12-24;1-15(2,13(17)21-9-5-6-10-21)19-20-16(3,4)14(18)22-11-7-8-12-22;2*1-11(2,9-13-5-6-14-9)17-18-12(3,4)10-15-7-8-16-10;1-7(2,5(9)10)13-14-8(3,4)6(11)12/h23-24H,5-12H2,1-4H3;17-18H,5-12H2,1-4H3;2*5-8H2,1-4H3,(H,13,14)(H,15,16);1-4H3,(H3,9,10)(H3,11,12). The SMILES string of the molecule is CC(C)(N=NC(C)(C)C(=N)N)C(=N)N.CC(C)(N=NC(C)(C)C(=N)N1CCCC1)C(=N)N1CCCC1.CC(C)(N=NC(C)(C)C1=NCCN1)C1=NCCN1.CC(C)(N=NC(C)(C)C1=NCCN1)C1=NCCN1.CC(C)(N=NC(C)(C)C1=NCCN1CCO)C1=NCCN1CCO. The third kappa shape index (κ3) is 23.7. The number of aliphatic imine (C=N–C) groups is 6. The molecule has 8 rings (SSSR count). The number of β-amino-alcohol motifs (C(OH)–C–C–N with tert-alkyl or cyclic N) is 2. The Morgan fingerprint density at radius 3 is 0.812 bits per heavy atom. The topological polar surface area (TPSA) is 447 Å². The molecule has 8 heterocycles. The van der Waals surface area contributed by atoms with Crippen molar-refractivity contribution in [1.82, 2.24) is 40.9 Å². The van der Waals surface area contributed by atoms with Gasteiger partial charge in [0.05, 0.1) is 52.5 Å². The Kier molecular flexibility index (Phi) is 28.9. The predicted molar refractivity (Wildman–Crippen MR) is 389 cm³/mol. The van der Waals surface area contributed by atoms with E-state index in [1.54, 1.807) is 27.7 Å². The third-order valence-electron chi connectivity index (χ3n) is 16.8. The number of nitrogens with two attached hydrogens (primary N) is 2. The summed E-state index contributed by atoms with van der Waals surface area (Å²) < 4.78 is 0. The van der Waals surface area contributed by atoms with Crippen LogP contribution in [0.25, 0.3) is 0 Å². The number of hydrogen-bond acceptors (Lipinski definition) is 28. The van der Waals surface area contributed by atoms with E-state index in [9.17, 15) is 10.2 Å². The molecule has 0 spiro atoms. The van der Waals surface area contributed by atoms with Gasteiger partial charge >= 0.3 is 0 Å². The fraction of sp³-hybridized carbons (Fsp3) is 0.844. The van der Waals surface area contributed by atoms with Crippen molar-refractivity contribution < 1.29 is 10.2 Å². The van der Waals surface area contributed by atoms with Gasteiger partial charge in [0.15, 0.2) is 0 Å². The molecule has 0 radical (unpaired) electrons. The number of nitrogens with one attached hydrogen (secondary N) is 8. The van der Waals surface area contributed by atoms with E-state index in [2.05, 4.69) is 122 Å². The Labute approximate surface area is 572 Å². The number of amidine groups is 10. The largest absolute Gasteiger partial charge is 0.395 e. The van der Waals surface area contributed by atoms with Crippen LogP contribution in [0.3, 0.4) is 0 Å². The lowest BCUT2D eigenvalue weighted by Crippen LogP contribution is -2.45. The van der Waals surface area contributed by atoms with Crippen LogP contribution in [0.4, 0.5) is 0 Å². The summed E-state index contributed by atoms with van der Waals surface area (Å²) in [5, 5.41) is 106. The molecule has 96 heavy (non-hydrogen) atoms. The van der Waals surface area contributed by atoms with Crippen molar-refractivity contribution in [2.75, 3.05) is 131 Å². The summed E-state index contributed by atoms with van der Waals surface area (Å²) in [6, 6.07) is 0. The summed E-state index contributed by atoms with van der Waals surface area (Å²) in [5.41, 5.74) is 5.01. The Morgan fingerprint density at radius 2 is 0.594 bits per heavy atom. The highest BCUT2D eigenvalue weighted by molar-refractivity contribution is 5.96. The molecule has 0 aromatic heterocycles. The van der Waals surface area contributed by atoms with Gasteiger partial charge in [0.2, 0.25) is 0 Å². The molecule has 32 nitrogen and oxygen atoms in total. The first-order valence-corrected chi connectivity index (χ1v) is 34.0. The summed E-state index contributed by atoms with van der Waals surface area (Å²) in [4.78, 5) is 35.1. The number of azo groups is 5. The highest BCUT2D eigenvalue weighted by Crippen LogP contribution is 2.28. The minimum Gasteiger partial charge on any atom is -0.395 e. The maximum Gasteiger partial charge on any atom is 0.133 e. The van der Waals surface area contributed by atoms with Gasteiger partial charge in [-0.1, -0.05) is 0 Å². The monoisotopic (exact) mass is 1340 g/mol. The van der Waals surface area contributed by atoms with Crippen LogP contribution in [0.2, 0.25) is 0 Å². The van der Waals surface area contributed by atoms with Gasteiger partial charge in [-0.3, -0.25) is 51.6 Å². The van der Waals surface area contributed by atoms with Gasteiger partial charge in [0.25, 0.3) is 0 Å². The normalized spacial score (nSPS) is 19.1. The van der Waals surface area contributed by atoms with E-state index in [1.807, 2.05) is 111 Å². The molecule has 0 amide bonds. The van der Waals surface area contributed by atoms with Crippen molar-refractivity contribution in [1.29, 1.82) is 21.6 Å². The van der Waals surface area contributed by atoms with Crippen molar-refractivity contribution in [3.8, 4) is 0 Å². The summed E-state index contributed by atoms with van der Waals surface area (Å²) in [6.07, 6.45) is 4.61. The fourth-order valence-electron chi connectivity index (χ4n) is 10.4. The van der Waals surface area contributed by atoms with Crippen LogP contribution in [0, 0.1) is 21.6 Å². The molecule has 8 aliphatic rings. The summed E-state index contributed by atoms with van der Waals surface area (Å²) >= 11 is 0.